The molecule has 0 spiro atoms. The summed E-state index contributed by atoms with van der Waals surface area (Å²) >= 11 is 0. The van der Waals surface area contributed by atoms with Crippen LogP contribution in [0.15, 0.2) is 15.8 Å². The third-order valence-corrected chi connectivity index (χ3v) is 5.07. The van der Waals surface area contributed by atoms with Gasteiger partial charge in [-0.2, -0.15) is 0 Å². The highest BCUT2D eigenvalue weighted by Crippen LogP contribution is 2.52. The molecule has 3 rings (SSSR count). The molecule has 0 amide bonds. The van der Waals surface area contributed by atoms with Gasteiger partial charge in [0, 0.05) is 23.8 Å². The van der Waals surface area contributed by atoms with E-state index in [-0.39, 0.29) is 30.4 Å². The van der Waals surface area contributed by atoms with Gasteiger partial charge in [-0.3, -0.25) is 14.3 Å². The fourth-order valence-corrected chi connectivity index (χ4v) is 3.72. The van der Waals surface area contributed by atoms with Crippen LogP contribution in [0.3, 0.4) is 0 Å². The van der Waals surface area contributed by atoms with Crippen LogP contribution in [-0.4, -0.2) is 46.7 Å². The standard InChI is InChI=1S/C16H24N2O5/c1-3-4-5-22-13-12-11(6-16(13,8-19)9-23-12)18-7-10(2)14(20)17-15(18)21/h7,11-13,19H,3-6,8-9H2,1-2H3,(H,17,20,21)/t11-,12?,13-,16-/m1/s1. The normalized spacial score (nSPS) is 32.6. The first-order valence-corrected chi connectivity index (χ1v) is 8.18. The zero-order chi connectivity index (χ0) is 16.6. The van der Waals surface area contributed by atoms with Crippen molar-refractivity contribution in [2.24, 2.45) is 5.41 Å². The number of unbranched alkanes of at least 4 members (excludes halogenated alkanes) is 1. The summed E-state index contributed by atoms with van der Waals surface area (Å²) in [6.07, 6.45) is 3.67. The maximum absolute atomic E-state index is 12.2. The van der Waals surface area contributed by atoms with Crippen molar-refractivity contribution in [3.8, 4) is 0 Å². The molecule has 128 valence electrons. The van der Waals surface area contributed by atoms with Crippen molar-refractivity contribution in [3.63, 3.8) is 0 Å². The van der Waals surface area contributed by atoms with E-state index in [1.54, 1.807) is 13.1 Å². The van der Waals surface area contributed by atoms with E-state index in [0.29, 0.717) is 25.2 Å². The molecule has 1 saturated carbocycles. The number of aliphatic hydroxyl groups is 1. The Morgan fingerprint density at radius 2 is 2.30 bits per heavy atom. The Morgan fingerprint density at radius 3 is 3.00 bits per heavy atom. The second kappa shape index (κ2) is 6.22. The molecule has 4 atom stereocenters. The minimum atomic E-state index is -0.466. The number of aromatic nitrogens is 2. The van der Waals surface area contributed by atoms with Gasteiger partial charge in [-0.25, -0.2) is 4.79 Å². The number of hydrogen-bond donors (Lipinski definition) is 2. The average Bonchev–Trinajstić information content (AvgIpc) is 3.04. The molecule has 7 heteroatoms. The van der Waals surface area contributed by atoms with Crippen LogP contribution < -0.4 is 11.2 Å². The quantitative estimate of drug-likeness (QED) is 0.737. The third kappa shape index (κ3) is 2.66. The Hall–Kier alpha value is -1.44. The molecule has 0 aromatic carbocycles. The molecule has 1 saturated heterocycles. The summed E-state index contributed by atoms with van der Waals surface area (Å²) < 4.78 is 13.4. The van der Waals surface area contributed by atoms with Gasteiger partial charge in [0.05, 0.1) is 25.4 Å². The molecule has 2 N–H and O–H groups in total. The lowest BCUT2D eigenvalue weighted by molar-refractivity contribution is -0.0303. The number of aliphatic hydroxyl groups excluding tert-OH is 1. The lowest BCUT2D eigenvalue weighted by Gasteiger charge is -2.29. The zero-order valence-corrected chi connectivity index (χ0v) is 13.6. The number of hydrogen-bond acceptors (Lipinski definition) is 5. The van der Waals surface area contributed by atoms with Crippen LogP contribution in [-0.2, 0) is 9.47 Å². The van der Waals surface area contributed by atoms with Gasteiger partial charge in [0.1, 0.15) is 6.10 Å². The van der Waals surface area contributed by atoms with Gasteiger partial charge in [-0.1, -0.05) is 13.3 Å². The lowest BCUT2D eigenvalue weighted by atomic mass is 9.86. The second-order valence-electron chi connectivity index (χ2n) is 6.69. The molecule has 23 heavy (non-hydrogen) atoms. The van der Waals surface area contributed by atoms with Crippen molar-refractivity contribution in [1.29, 1.82) is 0 Å². The Balaban J connectivity index is 1.90. The van der Waals surface area contributed by atoms with Crippen molar-refractivity contribution in [2.45, 2.75) is 51.4 Å². The van der Waals surface area contributed by atoms with E-state index in [9.17, 15) is 14.7 Å². The van der Waals surface area contributed by atoms with Crippen molar-refractivity contribution in [3.05, 3.63) is 32.6 Å². The number of aryl methyl sites for hydroxylation is 1. The number of nitrogens with zero attached hydrogens (tertiary/aromatic N) is 1. The lowest BCUT2D eigenvalue weighted by Crippen LogP contribution is -2.38. The highest BCUT2D eigenvalue weighted by molar-refractivity contribution is 5.12. The SMILES string of the molecule is CCCCO[C@@H]1C2OC[C@]1(CO)C[C@H]2n1cc(C)c(=O)[nH]c1=O. The highest BCUT2D eigenvalue weighted by Gasteiger charge is 2.61. The van der Waals surface area contributed by atoms with E-state index in [4.69, 9.17) is 9.47 Å². The van der Waals surface area contributed by atoms with E-state index in [2.05, 4.69) is 11.9 Å². The van der Waals surface area contributed by atoms with E-state index in [0.717, 1.165) is 12.8 Å². The molecule has 1 aromatic heterocycles. The fourth-order valence-electron chi connectivity index (χ4n) is 3.72. The van der Waals surface area contributed by atoms with Gasteiger partial charge in [0.25, 0.3) is 5.56 Å². The van der Waals surface area contributed by atoms with Gasteiger partial charge in [0.2, 0.25) is 0 Å². The molecule has 2 bridgehead atoms. The van der Waals surface area contributed by atoms with Crippen LogP contribution in [0.1, 0.15) is 37.8 Å². The van der Waals surface area contributed by atoms with Gasteiger partial charge in [-0.15, -0.1) is 0 Å². The van der Waals surface area contributed by atoms with Crippen LogP contribution in [0, 0.1) is 12.3 Å². The maximum atomic E-state index is 12.2. The summed E-state index contributed by atoms with van der Waals surface area (Å²) in [5.41, 5.74) is -0.800. The molecule has 2 heterocycles. The first kappa shape index (κ1) is 16.4. The molecule has 7 nitrogen and oxygen atoms in total. The Labute approximate surface area is 134 Å². The maximum Gasteiger partial charge on any atom is 0.328 e. The summed E-state index contributed by atoms with van der Waals surface area (Å²) in [7, 11) is 0. The van der Waals surface area contributed by atoms with Crippen molar-refractivity contribution in [1.82, 2.24) is 9.55 Å². The molecule has 2 aliphatic rings. The van der Waals surface area contributed by atoms with Crippen LogP contribution in [0.4, 0.5) is 0 Å². The number of ether oxygens (including phenoxy) is 2. The molecular formula is C16H24N2O5. The summed E-state index contributed by atoms with van der Waals surface area (Å²) in [6, 6.07) is -0.231. The molecule has 1 unspecified atom stereocenters. The Bertz CT molecular complexity index is 682. The van der Waals surface area contributed by atoms with Crippen LogP contribution in [0.5, 0.6) is 0 Å². The van der Waals surface area contributed by atoms with Gasteiger partial charge >= 0.3 is 5.69 Å². The average molecular weight is 324 g/mol. The first-order chi connectivity index (χ1) is 11.0. The predicted molar refractivity (Wildman–Crippen MR) is 83.6 cm³/mol. The minimum absolute atomic E-state index is 0.0339. The van der Waals surface area contributed by atoms with E-state index in [1.807, 2.05) is 0 Å². The van der Waals surface area contributed by atoms with Gasteiger partial charge < -0.3 is 14.6 Å². The molecule has 1 aliphatic carbocycles. The van der Waals surface area contributed by atoms with Gasteiger partial charge in [-0.05, 0) is 19.8 Å². The zero-order valence-electron chi connectivity index (χ0n) is 13.6. The largest absolute Gasteiger partial charge is 0.396 e. The van der Waals surface area contributed by atoms with E-state index < -0.39 is 11.1 Å². The van der Waals surface area contributed by atoms with Crippen LogP contribution >= 0.6 is 0 Å². The van der Waals surface area contributed by atoms with Crippen molar-refractivity contribution >= 4 is 0 Å². The molecule has 1 aliphatic heterocycles. The number of rotatable bonds is 6. The molecular weight excluding hydrogens is 300 g/mol. The third-order valence-electron chi connectivity index (χ3n) is 5.07. The topological polar surface area (TPSA) is 93.5 Å². The number of fused-ring (bicyclic) bond motifs is 2. The van der Waals surface area contributed by atoms with Crippen molar-refractivity contribution in [2.75, 3.05) is 19.8 Å². The molecule has 1 aromatic rings. The Kier molecular flexibility index (Phi) is 4.44. The smallest absolute Gasteiger partial charge is 0.328 e. The summed E-state index contributed by atoms with van der Waals surface area (Å²) in [5.74, 6) is 0. The fraction of sp³-hybridized carbons (Fsp3) is 0.750. The van der Waals surface area contributed by atoms with Crippen LogP contribution in [0.25, 0.3) is 0 Å². The number of aromatic amines is 1. The first-order valence-electron chi connectivity index (χ1n) is 8.18. The predicted octanol–water partition coefficient (Wildman–Crippen LogP) is 0.353. The highest BCUT2D eigenvalue weighted by atomic mass is 16.6. The molecule has 0 radical (unpaired) electrons. The van der Waals surface area contributed by atoms with E-state index in [1.165, 1.54) is 4.57 Å². The van der Waals surface area contributed by atoms with Crippen LogP contribution in [0.2, 0.25) is 0 Å². The summed E-state index contributed by atoms with van der Waals surface area (Å²) in [5, 5.41) is 9.90. The monoisotopic (exact) mass is 324 g/mol. The van der Waals surface area contributed by atoms with E-state index >= 15 is 0 Å². The van der Waals surface area contributed by atoms with Crippen molar-refractivity contribution < 1.29 is 14.6 Å². The molecule has 2 fully saturated rings. The summed E-state index contributed by atoms with van der Waals surface area (Å²) in [6.45, 7) is 4.79. The summed E-state index contributed by atoms with van der Waals surface area (Å²) in [4.78, 5) is 26.1. The number of nitrogens with one attached hydrogen (secondary N) is 1. The second-order valence-corrected chi connectivity index (χ2v) is 6.69. The Morgan fingerprint density at radius 1 is 1.52 bits per heavy atom. The minimum Gasteiger partial charge on any atom is -0.396 e. The van der Waals surface area contributed by atoms with Gasteiger partial charge in [0.15, 0.2) is 0 Å². The number of H-pyrrole nitrogens is 1.